The number of carbonyl (C=O) groups is 2. The first-order chi connectivity index (χ1) is 9.66. The van der Waals surface area contributed by atoms with Gasteiger partial charge in [-0.1, -0.05) is 43.1 Å². The third-order valence-electron chi connectivity index (χ3n) is 2.68. The molecule has 0 bridgehead atoms. The van der Waals surface area contributed by atoms with Gasteiger partial charge in [-0.3, -0.25) is 9.59 Å². The summed E-state index contributed by atoms with van der Waals surface area (Å²) in [4.78, 5) is 24.2. The molecular weight excluding hydrogens is 315 g/mol. The Morgan fingerprint density at radius 2 is 1.67 bits per heavy atom. The molecule has 0 amide bonds. The zero-order chi connectivity index (χ0) is 16.2. The van der Waals surface area contributed by atoms with Gasteiger partial charge in [0.2, 0.25) is 0 Å². The van der Waals surface area contributed by atoms with Crippen LogP contribution in [0.5, 0.6) is 5.75 Å². The number of ether oxygens (including phenoxy) is 2. The summed E-state index contributed by atoms with van der Waals surface area (Å²) in [6, 6.07) is 4.71. The molecule has 1 aromatic carbocycles. The Hall–Kier alpha value is -1.26. The van der Waals surface area contributed by atoms with Crippen molar-refractivity contribution in [2.75, 3.05) is 6.61 Å². The molecular formula is C15H18Cl2O4. The van der Waals surface area contributed by atoms with E-state index in [-0.39, 0.29) is 28.3 Å². The van der Waals surface area contributed by atoms with Crippen LogP contribution in [0, 0.1) is 11.3 Å². The number of para-hydroxylation sites is 1. The van der Waals surface area contributed by atoms with Crippen molar-refractivity contribution in [2.24, 2.45) is 11.3 Å². The monoisotopic (exact) mass is 332 g/mol. The molecule has 0 saturated heterocycles. The van der Waals surface area contributed by atoms with Crippen LogP contribution in [0.15, 0.2) is 18.2 Å². The molecule has 0 aliphatic carbocycles. The first-order valence-electron chi connectivity index (χ1n) is 6.49. The van der Waals surface area contributed by atoms with Gasteiger partial charge in [0.25, 0.3) is 0 Å². The molecule has 4 nitrogen and oxygen atoms in total. The molecule has 21 heavy (non-hydrogen) atoms. The van der Waals surface area contributed by atoms with Crippen LogP contribution in [0.3, 0.4) is 0 Å². The first-order valence-corrected chi connectivity index (χ1v) is 7.25. The number of hydrogen-bond donors (Lipinski definition) is 0. The van der Waals surface area contributed by atoms with E-state index in [1.807, 2.05) is 13.8 Å². The summed E-state index contributed by atoms with van der Waals surface area (Å²) in [6.45, 7) is 6.91. The second-order valence-corrected chi connectivity index (χ2v) is 6.37. The van der Waals surface area contributed by atoms with Gasteiger partial charge in [-0.25, -0.2) is 0 Å². The van der Waals surface area contributed by atoms with Crippen molar-refractivity contribution in [1.82, 2.24) is 0 Å². The van der Waals surface area contributed by atoms with Crippen molar-refractivity contribution < 1.29 is 19.1 Å². The summed E-state index contributed by atoms with van der Waals surface area (Å²) in [5.74, 6) is -1.20. The van der Waals surface area contributed by atoms with Crippen molar-refractivity contribution in [3.05, 3.63) is 28.2 Å². The lowest BCUT2D eigenvalue weighted by Crippen LogP contribution is -2.38. The molecule has 0 N–H and O–H groups in total. The van der Waals surface area contributed by atoms with Gasteiger partial charge in [0, 0.05) is 0 Å². The minimum Gasteiger partial charge on any atom is -0.465 e. The number of rotatable bonds is 5. The normalized spacial score (nSPS) is 11.4. The van der Waals surface area contributed by atoms with Gasteiger partial charge in [0.05, 0.1) is 16.7 Å². The third-order valence-corrected chi connectivity index (χ3v) is 3.28. The van der Waals surface area contributed by atoms with E-state index >= 15 is 0 Å². The van der Waals surface area contributed by atoms with Crippen LogP contribution in [-0.2, 0) is 14.3 Å². The lowest BCUT2D eigenvalue weighted by Gasteiger charge is -2.21. The van der Waals surface area contributed by atoms with Crippen LogP contribution >= 0.6 is 23.2 Å². The second kappa shape index (κ2) is 7.14. The molecule has 116 valence electrons. The smallest absolute Gasteiger partial charge is 0.328 e. The lowest BCUT2D eigenvalue weighted by molar-refractivity contribution is -0.165. The number of esters is 2. The van der Waals surface area contributed by atoms with E-state index in [2.05, 4.69) is 0 Å². The highest BCUT2D eigenvalue weighted by Gasteiger charge is 2.40. The molecule has 6 heteroatoms. The van der Waals surface area contributed by atoms with E-state index in [0.717, 1.165) is 0 Å². The van der Waals surface area contributed by atoms with Gasteiger partial charge in [-0.05, 0) is 31.9 Å². The zero-order valence-electron chi connectivity index (χ0n) is 12.4. The average Bonchev–Trinajstić information content (AvgIpc) is 2.39. The molecule has 0 spiro atoms. The maximum absolute atomic E-state index is 12.2. The minimum atomic E-state index is -1.45. The first kappa shape index (κ1) is 17.8. The molecule has 0 aliphatic rings. The summed E-state index contributed by atoms with van der Waals surface area (Å²) in [6.07, 6.45) is 0. The van der Waals surface area contributed by atoms with Crippen molar-refractivity contribution in [1.29, 1.82) is 0 Å². The van der Waals surface area contributed by atoms with Crippen molar-refractivity contribution >= 4 is 35.1 Å². The van der Waals surface area contributed by atoms with Crippen LogP contribution in [0.4, 0.5) is 0 Å². The topological polar surface area (TPSA) is 52.6 Å². The van der Waals surface area contributed by atoms with Crippen molar-refractivity contribution in [3.8, 4) is 5.75 Å². The van der Waals surface area contributed by atoms with Gasteiger partial charge >= 0.3 is 11.9 Å². The predicted molar refractivity (Wildman–Crippen MR) is 81.7 cm³/mol. The summed E-state index contributed by atoms with van der Waals surface area (Å²) in [7, 11) is 0. The Morgan fingerprint density at radius 3 is 2.14 bits per heavy atom. The Kier molecular flexibility index (Phi) is 6.05. The average molecular weight is 333 g/mol. The van der Waals surface area contributed by atoms with E-state index in [4.69, 9.17) is 32.7 Å². The molecule has 0 fully saturated rings. The van der Waals surface area contributed by atoms with Gasteiger partial charge < -0.3 is 9.47 Å². The summed E-state index contributed by atoms with van der Waals surface area (Å²) < 4.78 is 10.2. The third kappa shape index (κ3) is 4.61. The Balaban J connectivity index is 2.84. The molecule has 0 atom stereocenters. The Morgan fingerprint density at radius 1 is 1.14 bits per heavy atom. The minimum absolute atomic E-state index is 0.0376. The number of benzene rings is 1. The molecule has 0 saturated carbocycles. The molecule has 0 aliphatic heterocycles. The molecule has 1 rings (SSSR count). The van der Waals surface area contributed by atoms with Crippen LogP contribution in [-0.4, -0.2) is 18.5 Å². The second-order valence-electron chi connectivity index (χ2n) is 5.56. The fourth-order valence-electron chi connectivity index (χ4n) is 1.31. The highest BCUT2D eigenvalue weighted by molar-refractivity contribution is 6.37. The van der Waals surface area contributed by atoms with E-state index in [1.165, 1.54) is 13.8 Å². The van der Waals surface area contributed by atoms with Gasteiger partial charge in [0.1, 0.15) is 0 Å². The number of hydrogen-bond acceptors (Lipinski definition) is 4. The van der Waals surface area contributed by atoms with Crippen molar-refractivity contribution in [3.63, 3.8) is 0 Å². The Bertz CT molecular complexity index is 518. The van der Waals surface area contributed by atoms with E-state index < -0.39 is 17.4 Å². The molecule has 0 aromatic heterocycles. The van der Waals surface area contributed by atoms with Gasteiger partial charge in [-0.15, -0.1) is 0 Å². The number of halogens is 2. The van der Waals surface area contributed by atoms with E-state index in [1.54, 1.807) is 18.2 Å². The highest BCUT2D eigenvalue weighted by atomic mass is 35.5. The largest absolute Gasteiger partial charge is 0.465 e. The summed E-state index contributed by atoms with van der Waals surface area (Å²) in [5, 5.41) is 0.393. The maximum Gasteiger partial charge on any atom is 0.328 e. The molecule has 0 radical (unpaired) electrons. The fraction of sp³-hybridized carbons (Fsp3) is 0.467. The van der Waals surface area contributed by atoms with Crippen molar-refractivity contribution in [2.45, 2.75) is 27.7 Å². The van der Waals surface area contributed by atoms with Crippen LogP contribution in [0.2, 0.25) is 10.0 Å². The fourth-order valence-corrected chi connectivity index (χ4v) is 1.78. The quantitative estimate of drug-likeness (QED) is 0.462. The van der Waals surface area contributed by atoms with Crippen LogP contribution < -0.4 is 4.74 Å². The zero-order valence-corrected chi connectivity index (χ0v) is 13.9. The standard InChI is InChI=1S/C15H18Cl2O4/c1-9(2)8-20-13(18)15(3,4)14(19)21-12-10(16)6-5-7-11(12)17/h5-7,9H,8H2,1-4H3. The predicted octanol–water partition coefficient (Wildman–Crippen LogP) is 4.12. The SMILES string of the molecule is CC(C)COC(=O)C(C)(C)C(=O)Oc1c(Cl)cccc1Cl. The maximum atomic E-state index is 12.2. The molecule has 0 unspecified atom stereocenters. The highest BCUT2D eigenvalue weighted by Crippen LogP contribution is 2.34. The molecule has 0 heterocycles. The lowest BCUT2D eigenvalue weighted by atomic mass is 9.94. The van der Waals surface area contributed by atoms with Crippen LogP contribution in [0.1, 0.15) is 27.7 Å². The number of carbonyl (C=O) groups excluding carboxylic acids is 2. The summed E-state index contributed by atoms with van der Waals surface area (Å²) >= 11 is 11.9. The molecule has 1 aromatic rings. The van der Waals surface area contributed by atoms with E-state index in [9.17, 15) is 9.59 Å². The van der Waals surface area contributed by atoms with Gasteiger partial charge in [0.15, 0.2) is 11.2 Å². The van der Waals surface area contributed by atoms with Crippen LogP contribution in [0.25, 0.3) is 0 Å². The Labute approximate surface area is 134 Å². The summed E-state index contributed by atoms with van der Waals surface area (Å²) in [5.41, 5.74) is -1.45. The van der Waals surface area contributed by atoms with Gasteiger partial charge in [-0.2, -0.15) is 0 Å². The van der Waals surface area contributed by atoms with E-state index in [0.29, 0.717) is 0 Å².